The van der Waals surface area contributed by atoms with Gasteiger partial charge >= 0.3 is 0 Å². The van der Waals surface area contributed by atoms with Gasteiger partial charge in [-0.2, -0.15) is 0 Å². The van der Waals surface area contributed by atoms with Crippen molar-refractivity contribution >= 4 is 0 Å². The molecule has 0 radical (unpaired) electrons. The summed E-state index contributed by atoms with van der Waals surface area (Å²) in [6.45, 7) is 12.7. The van der Waals surface area contributed by atoms with Gasteiger partial charge < -0.3 is 5.01 Å². The maximum atomic E-state index is 5.66. The summed E-state index contributed by atoms with van der Waals surface area (Å²) in [5, 5.41) is 1.62. The molecule has 0 rings (SSSR count). The number of nitrogens with zero attached hydrogens (tertiary/aromatic N) is 1. The fourth-order valence-corrected chi connectivity index (χ4v) is 1.58. The lowest BCUT2D eigenvalue weighted by molar-refractivity contribution is 0.405. The molecule has 0 aromatic heterocycles. The smallest absolute Gasteiger partial charge is 0.0222 e. The molecule has 1 atom stereocenters. The van der Waals surface area contributed by atoms with E-state index in [0.717, 1.165) is 6.42 Å². The Morgan fingerprint density at radius 1 is 1.50 bits per heavy atom. The number of hydrogen-bond donors (Lipinski definition) is 1. The molecule has 82 valence electrons. The lowest BCUT2D eigenvalue weighted by Gasteiger charge is -2.29. The van der Waals surface area contributed by atoms with Crippen LogP contribution in [0.25, 0.3) is 0 Å². The van der Waals surface area contributed by atoms with Gasteiger partial charge in [-0.3, -0.25) is 0 Å². The predicted molar refractivity (Wildman–Crippen MR) is 63.5 cm³/mol. The third-order valence-corrected chi connectivity index (χ3v) is 2.33. The fraction of sp³-hybridized carbons (Fsp3) is 0.667. The van der Waals surface area contributed by atoms with Crippen LogP contribution >= 0.6 is 0 Å². The molecule has 2 heteroatoms. The summed E-state index contributed by atoms with van der Waals surface area (Å²) in [6.07, 6.45) is 5.08. The first-order valence-electron chi connectivity index (χ1n) is 5.15. The maximum absolute atomic E-state index is 5.66. The average Bonchev–Trinajstić information content (AvgIpc) is 2.02. The van der Waals surface area contributed by atoms with E-state index in [9.17, 15) is 0 Å². The molecular weight excluding hydrogens is 172 g/mol. The largest absolute Gasteiger partial charge is 0.321 e. The van der Waals surface area contributed by atoms with Crippen LogP contribution in [-0.4, -0.2) is 12.1 Å². The molecule has 0 aliphatic rings. The van der Waals surface area contributed by atoms with E-state index in [0.29, 0.717) is 5.92 Å². The summed E-state index contributed by atoms with van der Waals surface area (Å²) in [4.78, 5) is 0. The van der Waals surface area contributed by atoms with E-state index < -0.39 is 0 Å². The molecule has 14 heavy (non-hydrogen) atoms. The second kappa shape index (κ2) is 5.20. The van der Waals surface area contributed by atoms with Crippen LogP contribution in [0.15, 0.2) is 24.4 Å². The summed E-state index contributed by atoms with van der Waals surface area (Å²) >= 11 is 0. The van der Waals surface area contributed by atoms with Crippen molar-refractivity contribution in [1.29, 1.82) is 0 Å². The van der Waals surface area contributed by atoms with E-state index in [-0.39, 0.29) is 5.41 Å². The van der Waals surface area contributed by atoms with Gasteiger partial charge in [-0.1, -0.05) is 33.8 Å². The Morgan fingerprint density at radius 2 is 2.00 bits per heavy atom. The molecule has 0 aromatic rings. The SMILES string of the molecule is C=CC(CC)/C(=C\N(C)N)C(C)(C)C. The molecule has 0 aliphatic carbocycles. The van der Waals surface area contributed by atoms with Gasteiger partial charge in [0.1, 0.15) is 0 Å². The Balaban J connectivity index is 4.99. The number of hydrazine groups is 1. The van der Waals surface area contributed by atoms with Crippen molar-refractivity contribution in [3.8, 4) is 0 Å². The monoisotopic (exact) mass is 196 g/mol. The van der Waals surface area contributed by atoms with Crippen molar-refractivity contribution in [2.75, 3.05) is 7.05 Å². The summed E-state index contributed by atoms with van der Waals surface area (Å²) in [5.41, 5.74) is 1.47. The Morgan fingerprint density at radius 3 is 2.21 bits per heavy atom. The normalized spacial score (nSPS) is 15.1. The zero-order chi connectivity index (χ0) is 11.4. The van der Waals surface area contributed by atoms with Crippen molar-refractivity contribution in [2.24, 2.45) is 17.2 Å². The minimum absolute atomic E-state index is 0.141. The van der Waals surface area contributed by atoms with Crippen LogP contribution in [0, 0.1) is 11.3 Å². The highest BCUT2D eigenvalue weighted by Crippen LogP contribution is 2.33. The zero-order valence-corrected chi connectivity index (χ0v) is 10.2. The molecule has 0 amide bonds. The zero-order valence-electron chi connectivity index (χ0n) is 10.2. The molecule has 0 bridgehead atoms. The van der Waals surface area contributed by atoms with Gasteiger partial charge in [0.05, 0.1) is 0 Å². The molecule has 1 unspecified atom stereocenters. The van der Waals surface area contributed by atoms with E-state index in [4.69, 9.17) is 5.84 Å². The molecule has 2 N–H and O–H groups in total. The average molecular weight is 196 g/mol. The molecule has 0 fully saturated rings. The first-order chi connectivity index (χ1) is 6.32. The van der Waals surface area contributed by atoms with Gasteiger partial charge in [-0.25, -0.2) is 5.84 Å². The van der Waals surface area contributed by atoms with Crippen LogP contribution in [0.4, 0.5) is 0 Å². The highest BCUT2D eigenvalue weighted by atomic mass is 15.4. The molecule has 0 saturated heterocycles. The van der Waals surface area contributed by atoms with E-state index in [1.807, 2.05) is 19.3 Å². The second-order valence-electron chi connectivity index (χ2n) is 4.75. The molecule has 0 spiro atoms. The van der Waals surface area contributed by atoms with Gasteiger partial charge in [-0.05, 0) is 23.3 Å². The fourth-order valence-electron chi connectivity index (χ4n) is 1.58. The topological polar surface area (TPSA) is 29.3 Å². The number of allylic oxidation sites excluding steroid dienone is 2. The maximum Gasteiger partial charge on any atom is 0.0222 e. The van der Waals surface area contributed by atoms with E-state index in [1.54, 1.807) is 5.01 Å². The second-order valence-corrected chi connectivity index (χ2v) is 4.75. The van der Waals surface area contributed by atoms with Crippen molar-refractivity contribution in [3.63, 3.8) is 0 Å². The lowest BCUT2D eigenvalue weighted by Crippen LogP contribution is -2.25. The van der Waals surface area contributed by atoms with Crippen LogP contribution in [0.3, 0.4) is 0 Å². The van der Waals surface area contributed by atoms with Gasteiger partial charge in [0.25, 0.3) is 0 Å². The molecule has 2 nitrogen and oxygen atoms in total. The van der Waals surface area contributed by atoms with Crippen LogP contribution in [0.5, 0.6) is 0 Å². The van der Waals surface area contributed by atoms with Gasteiger partial charge in [0.2, 0.25) is 0 Å². The Hall–Kier alpha value is -0.760. The van der Waals surface area contributed by atoms with Gasteiger partial charge in [-0.15, -0.1) is 6.58 Å². The van der Waals surface area contributed by atoms with Crippen molar-refractivity contribution in [3.05, 3.63) is 24.4 Å². The van der Waals surface area contributed by atoms with Crippen LogP contribution in [0.1, 0.15) is 34.1 Å². The highest BCUT2D eigenvalue weighted by molar-refractivity contribution is 5.17. The quantitative estimate of drug-likeness (QED) is 0.425. The van der Waals surface area contributed by atoms with Crippen LogP contribution < -0.4 is 5.84 Å². The van der Waals surface area contributed by atoms with Crippen LogP contribution in [0.2, 0.25) is 0 Å². The van der Waals surface area contributed by atoms with Gasteiger partial charge in [0, 0.05) is 13.2 Å². The highest BCUT2D eigenvalue weighted by Gasteiger charge is 2.22. The molecular formula is C12H24N2. The first kappa shape index (κ1) is 13.2. The molecule has 0 heterocycles. The third kappa shape index (κ3) is 3.97. The van der Waals surface area contributed by atoms with Crippen molar-refractivity contribution < 1.29 is 0 Å². The summed E-state index contributed by atoms with van der Waals surface area (Å²) in [7, 11) is 1.85. The van der Waals surface area contributed by atoms with Crippen molar-refractivity contribution in [2.45, 2.75) is 34.1 Å². The molecule has 0 aromatic carbocycles. The lowest BCUT2D eigenvalue weighted by atomic mass is 9.78. The predicted octanol–water partition coefficient (Wildman–Crippen LogP) is 2.93. The van der Waals surface area contributed by atoms with E-state index in [1.165, 1.54) is 5.57 Å². The third-order valence-electron chi connectivity index (χ3n) is 2.33. The minimum atomic E-state index is 0.141. The minimum Gasteiger partial charge on any atom is -0.321 e. The number of hydrogen-bond acceptors (Lipinski definition) is 2. The van der Waals surface area contributed by atoms with Crippen LogP contribution in [-0.2, 0) is 0 Å². The Bertz CT molecular complexity index is 209. The summed E-state index contributed by atoms with van der Waals surface area (Å²) < 4.78 is 0. The molecule has 0 saturated carbocycles. The van der Waals surface area contributed by atoms with E-state index in [2.05, 4.69) is 34.3 Å². The van der Waals surface area contributed by atoms with E-state index >= 15 is 0 Å². The summed E-state index contributed by atoms with van der Waals surface area (Å²) in [5.74, 6) is 6.08. The number of rotatable bonds is 4. The Labute approximate surface area is 88.4 Å². The van der Waals surface area contributed by atoms with Crippen molar-refractivity contribution in [1.82, 2.24) is 5.01 Å². The number of nitrogens with two attached hydrogens (primary N) is 1. The summed E-state index contributed by atoms with van der Waals surface area (Å²) in [6, 6.07) is 0. The molecule has 0 aliphatic heterocycles. The van der Waals surface area contributed by atoms with Gasteiger partial charge in [0.15, 0.2) is 0 Å². The standard InChI is InChI=1S/C12H24N2/c1-7-10(8-2)11(9-14(6)13)12(3,4)5/h7,9-10H,1,8,13H2,2-6H3/b11-9+. The first-order valence-corrected chi connectivity index (χ1v) is 5.15. The Kier molecular flexibility index (Phi) is 4.92.